The van der Waals surface area contributed by atoms with Crippen LogP contribution >= 0.6 is 11.6 Å². The summed E-state index contributed by atoms with van der Waals surface area (Å²) >= 11 is 5.92. The summed E-state index contributed by atoms with van der Waals surface area (Å²) in [5, 5.41) is 21.5. The number of carbonyl (C=O) groups excluding carboxylic acids is 1. The molecule has 0 saturated heterocycles. The Morgan fingerprint density at radius 3 is 2.63 bits per heavy atom. The van der Waals surface area contributed by atoms with Crippen LogP contribution in [0.25, 0.3) is 10.9 Å². The lowest BCUT2D eigenvalue weighted by atomic mass is 9.85. The highest BCUT2D eigenvalue weighted by atomic mass is 35.5. The summed E-state index contributed by atoms with van der Waals surface area (Å²) in [6.45, 7) is 0. The topological polar surface area (TPSA) is 78.0 Å². The minimum atomic E-state index is -4.53. The molecular weight excluding hydrogens is 419 g/mol. The molecule has 5 rings (SSSR count). The van der Waals surface area contributed by atoms with Gasteiger partial charge in [-0.2, -0.15) is 18.3 Å². The van der Waals surface area contributed by atoms with Gasteiger partial charge in [-0.3, -0.25) is 9.89 Å². The number of hydrogen-bond acceptors (Lipinski definition) is 3. The maximum atomic E-state index is 13.3. The normalized spacial score (nSPS) is 27.8. The molecule has 0 radical (unpaired) electrons. The van der Waals surface area contributed by atoms with Crippen LogP contribution in [0.1, 0.15) is 34.3 Å². The Morgan fingerprint density at radius 2 is 1.97 bits per heavy atom. The Labute approximate surface area is 174 Å². The zero-order valence-electron chi connectivity index (χ0n) is 15.5. The zero-order chi connectivity index (χ0) is 21.3. The number of carbonyl (C=O) groups is 1. The van der Waals surface area contributed by atoms with Gasteiger partial charge in [-0.05, 0) is 60.6 Å². The largest absolute Gasteiger partial charge is 0.416 e. The predicted octanol–water partition coefficient (Wildman–Crippen LogP) is 4.26. The Morgan fingerprint density at radius 1 is 1.23 bits per heavy atom. The van der Waals surface area contributed by atoms with Gasteiger partial charge >= 0.3 is 6.18 Å². The van der Waals surface area contributed by atoms with E-state index in [0.717, 1.165) is 12.1 Å². The molecule has 3 aromatic rings. The predicted molar refractivity (Wildman–Crippen MR) is 104 cm³/mol. The van der Waals surface area contributed by atoms with Crippen molar-refractivity contribution < 1.29 is 23.1 Å². The third kappa shape index (κ3) is 3.15. The lowest BCUT2D eigenvalue weighted by molar-refractivity contribution is -0.137. The van der Waals surface area contributed by atoms with Gasteiger partial charge in [0.1, 0.15) is 0 Å². The monoisotopic (exact) mass is 435 g/mol. The van der Waals surface area contributed by atoms with E-state index < -0.39 is 17.3 Å². The van der Waals surface area contributed by atoms with Gasteiger partial charge in [-0.15, -0.1) is 0 Å². The van der Waals surface area contributed by atoms with Crippen LogP contribution in [0.2, 0.25) is 5.02 Å². The smallest absolute Gasteiger partial charge is 0.385 e. The highest BCUT2D eigenvalue weighted by molar-refractivity contribution is 6.30. The highest BCUT2D eigenvalue weighted by Gasteiger charge is 2.62. The molecule has 2 fully saturated rings. The minimum Gasteiger partial charge on any atom is -0.385 e. The van der Waals surface area contributed by atoms with Gasteiger partial charge in [-0.1, -0.05) is 17.7 Å². The maximum Gasteiger partial charge on any atom is 0.416 e. The highest BCUT2D eigenvalue weighted by Crippen LogP contribution is 2.60. The quantitative estimate of drug-likeness (QED) is 0.575. The lowest BCUT2D eigenvalue weighted by Gasteiger charge is -2.28. The van der Waals surface area contributed by atoms with Crippen LogP contribution in [0.15, 0.2) is 42.6 Å². The second-order valence-corrected chi connectivity index (χ2v) is 8.57. The summed E-state index contributed by atoms with van der Waals surface area (Å²) in [6.07, 6.45) is -2.54. The van der Waals surface area contributed by atoms with Gasteiger partial charge in [0.25, 0.3) is 5.91 Å². The van der Waals surface area contributed by atoms with E-state index in [-0.39, 0.29) is 47.7 Å². The summed E-state index contributed by atoms with van der Waals surface area (Å²) in [5.41, 5.74) is -1.31. The number of hydrogen-bond donors (Lipinski definition) is 3. The van der Waals surface area contributed by atoms with Crippen LogP contribution in [0.4, 0.5) is 13.2 Å². The molecule has 156 valence electrons. The van der Waals surface area contributed by atoms with Crippen LogP contribution in [0.5, 0.6) is 0 Å². The molecule has 0 bridgehead atoms. The average molecular weight is 436 g/mol. The Kier molecular flexibility index (Phi) is 4.17. The van der Waals surface area contributed by atoms with E-state index in [1.165, 1.54) is 6.20 Å². The molecular formula is C21H17ClF3N3O2. The SMILES string of the molecule is O=C(NC1[C@H]2C[C@](O)(c3cc(C(F)(F)F)cc4[nH]ncc34)C[C@@H]12)c1cccc(Cl)c1. The van der Waals surface area contributed by atoms with E-state index in [9.17, 15) is 23.1 Å². The summed E-state index contributed by atoms with van der Waals surface area (Å²) in [7, 11) is 0. The van der Waals surface area contributed by atoms with Crippen molar-refractivity contribution in [2.45, 2.75) is 30.7 Å². The van der Waals surface area contributed by atoms with Gasteiger partial charge in [0.2, 0.25) is 0 Å². The van der Waals surface area contributed by atoms with E-state index in [1.54, 1.807) is 24.3 Å². The van der Waals surface area contributed by atoms with Crippen molar-refractivity contribution in [2.24, 2.45) is 11.8 Å². The molecule has 1 aromatic heterocycles. The fourth-order valence-corrected chi connectivity index (χ4v) is 4.95. The number of aromatic nitrogens is 2. The number of fused-ring (bicyclic) bond motifs is 2. The van der Waals surface area contributed by atoms with Crippen molar-refractivity contribution in [2.75, 3.05) is 0 Å². The van der Waals surface area contributed by atoms with E-state index >= 15 is 0 Å². The number of nitrogens with one attached hydrogen (secondary N) is 2. The number of nitrogens with zero attached hydrogens (tertiary/aromatic N) is 1. The van der Waals surface area contributed by atoms with Crippen LogP contribution < -0.4 is 5.32 Å². The number of aliphatic hydroxyl groups is 1. The molecule has 1 heterocycles. The summed E-state index contributed by atoms with van der Waals surface area (Å²) in [5.74, 6) is -0.235. The molecule has 1 amide bonds. The van der Waals surface area contributed by atoms with E-state index in [4.69, 9.17) is 11.6 Å². The first-order valence-corrected chi connectivity index (χ1v) is 9.87. The first-order valence-electron chi connectivity index (χ1n) is 9.49. The molecule has 9 heteroatoms. The van der Waals surface area contributed by atoms with E-state index in [1.807, 2.05) is 0 Å². The molecule has 5 nitrogen and oxygen atoms in total. The van der Waals surface area contributed by atoms with E-state index in [0.29, 0.717) is 16.0 Å². The van der Waals surface area contributed by atoms with Gasteiger partial charge < -0.3 is 10.4 Å². The standard InChI is InChI=1S/C21H17ClF3N3O2/c22-12-3-1-2-10(4-12)19(29)27-18-13-7-20(30,8-14(13)18)16-5-11(21(23,24)25)6-17-15(16)9-26-28-17/h1-6,9,13-14,18,30H,7-8H2,(H,26,28)(H,27,29)/t13-,14+,18?,20+. The molecule has 3 N–H and O–H groups in total. The van der Waals surface area contributed by atoms with Gasteiger partial charge in [0.05, 0.1) is 22.9 Å². The molecule has 4 atom stereocenters. The lowest BCUT2D eigenvalue weighted by Crippen LogP contribution is -2.33. The van der Waals surface area contributed by atoms with Crippen LogP contribution in [-0.4, -0.2) is 27.3 Å². The molecule has 30 heavy (non-hydrogen) atoms. The van der Waals surface area contributed by atoms with Crippen molar-refractivity contribution >= 4 is 28.4 Å². The number of amides is 1. The van der Waals surface area contributed by atoms with Crippen LogP contribution in [-0.2, 0) is 11.8 Å². The van der Waals surface area contributed by atoms with Crippen molar-refractivity contribution in [1.82, 2.24) is 15.5 Å². The van der Waals surface area contributed by atoms with Crippen LogP contribution in [0, 0.1) is 11.8 Å². The number of H-pyrrole nitrogens is 1. The van der Waals surface area contributed by atoms with Crippen molar-refractivity contribution in [3.8, 4) is 0 Å². The summed E-state index contributed by atoms with van der Waals surface area (Å²) in [6, 6.07) is 8.50. The molecule has 2 aliphatic rings. The Balaban J connectivity index is 1.36. The molecule has 2 aliphatic carbocycles. The number of benzene rings is 2. The zero-order valence-corrected chi connectivity index (χ0v) is 16.3. The number of rotatable bonds is 3. The maximum absolute atomic E-state index is 13.3. The second-order valence-electron chi connectivity index (χ2n) is 8.13. The van der Waals surface area contributed by atoms with Crippen molar-refractivity contribution in [1.29, 1.82) is 0 Å². The Hall–Kier alpha value is -2.58. The second kappa shape index (κ2) is 6.46. The summed E-state index contributed by atoms with van der Waals surface area (Å²) in [4.78, 5) is 12.4. The third-order valence-electron chi connectivity index (χ3n) is 6.25. The minimum absolute atomic E-state index is 0.00891. The average Bonchev–Trinajstić information content (AvgIpc) is 3.04. The van der Waals surface area contributed by atoms with Crippen molar-refractivity contribution in [3.05, 3.63) is 64.3 Å². The third-order valence-corrected chi connectivity index (χ3v) is 6.49. The first kappa shape index (κ1) is 19.4. The van der Waals surface area contributed by atoms with Gasteiger partial charge in [-0.25, -0.2) is 0 Å². The van der Waals surface area contributed by atoms with Crippen molar-refractivity contribution in [3.63, 3.8) is 0 Å². The Bertz CT molecular complexity index is 1150. The molecule has 2 aromatic carbocycles. The first-order chi connectivity index (χ1) is 14.2. The van der Waals surface area contributed by atoms with E-state index in [2.05, 4.69) is 15.5 Å². The number of halogens is 4. The molecule has 1 unspecified atom stereocenters. The van der Waals surface area contributed by atoms with Crippen LogP contribution in [0.3, 0.4) is 0 Å². The fourth-order valence-electron chi connectivity index (χ4n) is 4.76. The number of alkyl halides is 3. The number of aromatic amines is 1. The molecule has 2 saturated carbocycles. The molecule has 0 spiro atoms. The summed E-state index contributed by atoms with van der Waals surface area (Å²) < 4.78 is 40.0. The molecule has 0 aliphatic heterocycles. The van der Waals surface area contributed by atoms with Gasteiger partial charge in [0.15, 0.2) is 0 Å². The van der Waals surface area contributed by atoms with Gasteiger partial charge in [0, 0.05) is 22.0 Å². The fraction of sp³-hybridized carbons (Fsp3) is 0.333.